The zero-order valence-corrected chi connectivity index (χ0v) is 11.0. The standard InChI is InChI=1S/C13H21N3O/c1-5-15-13(17)16(4)12(10(2)3)11-7-6-8-14-9-11/h6-10,12H,5H2,1-4H3,(H,15,17)/t12-/m1/s1. The van der Waals surface area contributed by atoms with Gasteiger partial charge in [-0.2, -0.15) is 0 Å². The average Bonchev–Trinajstić information content (AvgIpc) is 2.30. The molecule has 1 atom stereocenters. The molecule has 94 valence electrons. The van der Waals surface area contributed by atoms with Gasteiger partial charge in [0.2, 0.25) is 0 Å². The molecule has 1 aromatic rings. The molecule has 1 rings (SSSR count). The van der Waals surface area contributed by atoms with Gasteiger partial charge in [0.15, 0.2) is 0 Å². The average molecular weight is 235 g/mol. The first kappa shape index (κ1) is 13.5. The van der Waals surface area contributed by atoms with Gasteiger partial charge in [-0.15, -0.1) is 0 Å². The van der Waals surface area contributed by atoms with Crippen LogP contribution in [0.15, 0.2) is 24.5 Å². The number of carbonyl (C=O) groups excluding carboxylic acids is 1. The molecule has 1 N–H and O–H groups in total. The Kier molecular flexibility index (Phi) is 4.94. The van der Waals surface area contributed by atoms with Gasteiger partial charge in [0, 0.05) is 26.0 Å². The van der Waals surface area contributed by atoms with E-state index in [0.717, 1.165) is 5.56 Å². The summed E-state index contributed by atoms with van der Waals surface area (Å²) in [5.41, 5.74) is 1.07. The summed E-state index contributed by atoms with van der Waals surface area (Å²) < 4.78 is 0. The van der Waals surface area contributed by atoms with Crippen molar-refractivity contribution in [2.45, 2.75) is 26.8 Å². The fraction of sp³-hybridized carbons (Fsp3) is 0.538. The van der Waals surface area contributed by atoms with Gasteiger partial charge in [0.05, 0.1) is 6.04 Å². The number of nitrogens with zero attached hydrogens (tertiary/aromatic N) is 2. The molecule has 0 aliphatic carbocycles. The summed E-state index contributed by atoms with van der Waals surface area (Å²) in [6, 6.07) is 3.91. The molecule has 0 aliphatic rings. The smallest absolute Gasteiger partial charge is 0.317 e. The van der Waals surface area contributed by atoms with E-state index in [4.69, 9.17) is 0 Å². The zero-order chi connectivity index (χ0) is 12.8. The second kappa shape index (κ2) is 6.23. The first-order valence-electron chi connectivity index (χ1n) is 5.98. The Morgan fingerprint density at radius 1 is 1.53 bits per heavy atom. The predicted molar refractivity (Wildman–Crippen MR) is 68.7 cm³/mol. The van der Waals surface area contributed by atoms with Crippen LogP contribution in [0, 0.1) is 5.92 Å². The van der Waals surface area contributed by atoms with Crippen LogP contribution in [0.3, 0.4) is 0 Å². The van der Waals surface area contributed by atoms with Crippen molar-refractivity contribution in [3.8, 4) is 0 Å². The van der Waals surface area contributed by atoms with Crippen molar-refractivity contribution in [1.29, 1.82) is 0 Å². The Morgan fingerprint density at radius 2 is 2.24 bits per heavy atom. The van der Waals surface area contributed by atoms with Crippen LogP contribution in [0.4, 0.5) is 4.79 Å². The van der Waals surface area contributed by atoms with E-state index in [2.05, 4.69) is 24.1 Å². The summed E-state index contributed by atoms with van der Waals surface area (Å²) in [5, 5.41) is 2.82. The number of hydrogen-bond acceptors (Lipinski definition) is 2. The van der Waals surface area contributed by atoms with Crippen molar-refractivity contribution >= 4 is 6.03 Å². The maximum atomic E-state index is 11.9. The molecule has 17 heavy (non-hydrogen) atoms. The molecule has 0 unspecified atom stereocenters. The molecule has 0 bridgehead atoms. The molecule has 0 saturated carbocycles. The lowest BCUT2D eigenvalue weighted by atomic mass is 9.96. The minimum absolute atomic E-state index is 0.0462. The number of hydrogen-bond donors (Lipinski definition) is 1. The molecule has 0 spiro atoms. The molecule has 1 heterocycles. The lowest BCUT2D eigenvalue weighted by Crippen LogP contribution is -2.41. The van der Waals surface area contributed by atoms with Gasteiger partial charge in [0.25, 0.3) is 0 Å². The third-order valence-electron chi connectivity index (χ3n) is 2.72. The molecule has 4 heteroatoms. The van der Waals surface area contributed by atoms with Crippen LogP contribution < -0.4 is 5.32 Å². The van der Waals surface area contributed by atoms with Crippen LogP contribution in [0.25, 0.3) is 0 Å². The largest absolute Gasteiger partial charge is 0.338 e. The SMILES string of the molecule is CCNC(=O)N(C)[C@@H](c1cccnc1)C(C)C. The van der Waals surface area contributed by atoms with Crippen molar-refractivity contribution in [2.24, 2.45) is 5.92 Å². The first-order valence-corrected chi connectivity index (χ1v) is 5.98. The third-order valence-corrected chi connectivity index (χ3v) is 2.72. The van der Waals surface area contributed by atoms with Gasteiger partial charge >= 0.3 is 6.03 Å². The maximum Gasteiger partial charge on any atom is 0.317 e. The fourth-order valence-corrected chi connectivity index (χ4v) is 2.01. The van der Waals surface area contributed by atoms with Crippen molar-refractivity contribution in [3.63, 3.8) is 0 Å². The highest BCUT2D eigenvalue weighted by Gasteiger charge is 2.24. The Labute approximate surface area is 103 Å². The Balaban J connectivity index is 2.90. The molecule has 0 saturated heterocycles. The normalized spacial score (nSPS) is 12.3. The van der Waals surface area contributed by atoms with Crippen LogP contribution in [0.5, 0.6) is 0 Å². The highest BCUT2D eigenvalue weighted by Crippen LogP contribution is 2.26. The summed E-state index contributed by atoms with van der Waals surface area (Å²) in [7, 11) is 1.82. The van der Waals surface area contributed by atoms with E-state index in [-0.39, 0.29) is 12.1 Å². The molecule has 4 nitrogen and oxygen atoms in total. The number of urea groups is 1. The van der Waals surface area contributed by atoms with Gasteiger partial charge in [-0.3, -0.25) is 4.98 Å². The minimum atomic E-state index is -0.0462. The fourth-order valence-electron chi connectivity index (χ4n) is 2.01. The predicted octanol–water partition coefficient (Wildman–Crippen LogP) is 2.44. The van der Waals surface area contributed by atoms with Crippen LogP contribution in [0.2, 0.25) is 0 Å². The lowest BCUT2D eigenvalue weighted by Gasteiger charge is -2.31. The van der Waals surface area contributed by atoms with E-state index >= 15 is 0 Å². The molecule has 0 fully saturated rings. The topological polar surface area (TPSA) is 45.2 Å². The van der Waals surface area contributed by atoms with Gasteiger partial charge in [-0.05, 0) is 24.5 Å². The Hall–Kier alpha value is -1.58. The van der Waals surface area contributed by atoms with E-state index in [0.29, 0.717) is 12.5 Å². The lowest BCUT2D eigenvalue weighted by molar-refractivity contribution is 0.174. The number of nitrogens with one attached hydrogen (secondary N) is 1. The van der Waals surface area contributed by atoms with Crippen LogP contribution in [0.1, 0.15) is 32.4 Å². The molecular weight excluding hydrogens is 214 g/mol. The van der Waals surface area contributed by atoms with Gasteiger partial charge in [-0.1, -0.05) is 19.9 Å². The van der Waals surface area contributed by atoms with Gasteiger partial charge in [-0.25, -0.2) is 4.79 Å². The minimum Gasteiger partial charge on any atom is -0.338 e. The number of aromatic nitrogens is 1. The van der Waals surface area contributed by atoms with Crippen molar-refractivity contribution < 1.29 is 4.79 Å². The first-order chi connectivity index (χ1) is 8.07. The number of carbonyl (C=O) groups is 1. The van der Waals surface area contributed by atoms with Gasteiger partial charge < -0.3 is 10.2 Å². The summed E-state index contributed by atoms with van der Waals surface area (Å²) in [6.07, 6.45) is 3.56. The zero-order valence-electron chi connectivity index (χ0n) is 11.0. The van der Waals surface area contributed by atoms with Crippen molar-refractivity contribution in [3.05, 3.63) is 30.1 Å². The summed E-state index contributed by atoms with van der Waals surface area (Å²) in [4.78, 5) is 17.7. The Bertz CT molecular complexity index is 351. The Morgan fingerprint density at radius 3 is 2.71 bits per heavy atom. The summed E-state index contributed by atoms with van der Waals surface area (Å²) in [5.74, 6) is 0.340. The monoisotopic (exact) mass is 235 g/mol. The van der Waals surface area contributed by atoms with E-state index in [1.807, 2.05) is 32.3 Å². The third kappa shape index (κ3) is 3.44. The van der Waals surface area contributed by atoms with E-state index in [1.165, 1.54) is 0 Å². The van der Waals surface area contributed by atoms with E-state index < -0.39 is 0 Å². The quantitative estimate of drug-likeness (QED) is 0.871. The van der Waals surface area contributed by atoms with Crippen LogP contribution >= 0.6 is 0 Å². The molecule has 1 aromatic heterocycles. The van der Waals surface area contributed by atoms with E-state index in [9.17, 15) is 4.79 Å². The molecule has 0 radical (unpaired) electrons. The molecule has 0 aromatic carbocycles. The maximum absolute atomic E-state index is 11.9. The summed E-state index contributed by atoms with van der Waals surface area (Å²) >= 11 is 0. The second-order valence-electron chi connectivity index (χ2n) is 4.42. The number of rotatable bonds is 4. The van der Waals surface area contributed by atoms with Crippen molar-refractivity contribution in [2.75, 3.05) is 13.6 Å². The van der Waals surface area contributed by atoms with Crippen molar-refractivity contribution in [1.82, 2.24) is 15.2 Å². The van der Waals surface area contributed by atoms with Crippen LogP contribution in [-0.4, -0.2) is 29.5 Å². The van der Waals surface area contributed by atoms with E-state index in [1.54, 1.807) is 11.1 Å². The molecular formula is C13H21N3O. The molecule has 2 amide bonds. The highest BCUT2D eigenvalue weighted by atomic mass is 16.2. The number of pyridine rings is 1. The highest BCUT2D eigenvalue weighted by molar-refractivity contribution is 5.74. The van der Waals surface area contributed by atoms with Gasteiger partial charge in [0.1, 0.15) is 0 Å². The molecule has 0 aliphatic heterocycles. The summed E-state index contributed by atoms with van der Waals surface area (Å²) in [6.45, 7) is 6.77. The van der Waals surface area contributed by atoms with Crippen LogP contribution in [-0.2, 0) is 0 Å². The number of amides is 2. The second-order valence-corrected chi connectivity index (χ2v) is 4.42.